The lowest BCUT2D eigenvalue weighted by Crippen LogP contribution is -2.09. The zero-order chi connectivity index (χ0) is 21.5. The summed E-state index contributed by atoms with van der Waals surface area (Å²) in [5.74, 6) is -2.15. The van der Waals surface area contributed by atoms with Gasteiger partial charge in [0.25, 0.3) is 0 Å². The number of nitrogens with one attached hydrogen (secondary N) is 2. The first kappa shape index (κ1) is 19.6. The number of aromatic amines is 1. The number of carbonyl (C=O) groups is 1. The predicted octanol–water partition coefficient (Wildman–Crippen LogP) is 4.11. The maximum absolute atomic E-state index is 14.2. The minimum Gasteiger partial charge on any atom is -0.478 e. The molecule has 4 rings (SSSR count). The molecule has 0 atom stereocenters. The van der Waals surface area contributed by atoms with E-state index in [0.29, 0.717) is 22.5 Å². The minimum atomic E-state index is -3.41. The topological polar surface area (TPSA) is 112 Å². The largest absolute Gasteiger partial charge is 0.478 e. The molecule has 152 valence electrons. The molecule has 0 saturated heterocycles. The second-order valence-electron chi connectivity index (χ2n) is 6.78. The van der Waals surface area contributed by atoms with E-state index in [9.17, 15) is 17.6 Å². The summed E-state index contributed by atoms with van der Waals surface area (Å²) >= 11 is 0. The monoisotopic (exact) mass is 425 g/mol. The smallest absolute Gasteiger partial charge is 0.338 e. The lowest BCUT2D eigenvalue weighted by Gasteiger charge is -2.08. The Hall–Kier alpha value is -3.72. The highest BCUT2D eigenvalue weighted by Gasteiger charge is 2.14. The van der Waals surface area contributed by atoms with Crippen molar-refractivity contribution < 1.29 is 22.7 Å². The van der Waals surface area contributed by atoms with Crippen LogP contribution >= 0.6 is 0 Å². The molecular formula is C21H16FN3O4S. The normalized spacial score (nSPS) is 11.5. The van der Waals surface area contributed by atoms with E-state index >= 15 is 0 Å². The summed E-state index contributed by atoms with van der Waals surface area (Å²) in [6.07, 6.45) is 4.41. The molecule has 4 aromatic rings. The summed E-state index contributed by atoms with van der Waals surface area (Å²) in [5, 5.41) is 9.73. The number of anilines is 1. The molecule has 2 aromatic carbocycles. The van der Waals surface area contributed by atoms with Crippen LogP contribution in [0.4, 0.5) is 10.1 Å². The molecule has 0 fully saturated rings. The minimum absolute atomic E-state index is 0.396. The number of sulfonamides is 1. The number of hydrogen-bond donors (Lipinski definition) is 3. The maximum atomic E-state index is 14.2. The van der Waals surface area contributed by atoms with Crippen LogP contribution in [0.2, 0.25) is 0 Å². The lowest BCUT2D eigenvalue weighted by atomic mass is 10.0. The standard InChI is InChI=1S/C21H16FN3O4S/c1-30(28,29)25-15-4-2-3-12(7-15)14-8-17-18(11-24-20(17)23-10-14)13-5-6-16(21(26)27)19(22)9-13/h2-11,25H,1H3,(H,23,24)(H,26,27). The molecule has 30 heavy (non-hydrogen) atoms. The summed E-state index contributed by atoms with van der Waals surface area (Å²) in [7, 11) is -3.41. The second kappa shape index (κ2) is 7.27. The summed E-state index contributed by atoms with van der Waals surface area (Å²) in [6.45, 7) is 0. The van der Waals surface area contributed by atoms with Gasteiger partial charge in [-0.3, -0.25) is 4.72 Å². The molecule has 7 nitrogen and oxygen atoms in total. The van der Waals surface area contributed by atoms with Gasteiger partial charge < -0.3 is 10.1 Å². The van der Waals surface area contributed by atoms with Gasteiger partial charge in [-0.15, -0.1) is 0 Å². The van der Waals surface area contributed by atoms with Gasteiger partial charge in [0.15, 0.2) is 0 Å². The molecule has 2 aromatic heterocycles. The third kappa shape index (κ3) is 3.87. The van der Waals surface area contributed by atoms with Crippen molar-refractivity contribution >= 4 is 32.7 Å². The van der Waals surface area contributed by atoms with Gasteiger partial charge in [-0.25, -0.2) is 22.6 Å². The van der Waals surface area contributed by atoms with E-state index in [2.05, 4.69) is 14.7 Å². The Balaban J connectivity index is 1.78. The van der Waals surface area contributed by atoms with Crippen LogP contribution in [0.3, 0.4) is 0 Å². The number of hydrogen-bond acceptors (Lipinski definition) is 4. The second-order valence-corrected chi connectivity index (χ2v) is 8.53. The van der Waals surface area contributed by atoms with E-state index in [1.165, 1.54) is 12.1 Å². The third-order valence-corrected chi connectivity index (χ3v) is 5.15. The lowest BCUT2D eigenvalue weighted by molar-refractivity contribution is 0.0692. The van der Waals surface area contributed by atoms with E-state index in [1.807, 2.05) is 12.1 Å². The maximum Gasteiger partial charge on any atom is 0.338 e. The van der Waals surface area contributed by atoms with Crippen molar-refractivity contribution in [3.8, 4) is 22.3 Å². The fraction of sp³-hybridized carbons (Fsp3) is 0.0476. The fourth-order valence-electron chi connectivity index (χ4n) is 3.23. The number of carboxylic acid groups (broad SMARTS) is 1. The Kier molecular flexibility index (Phi) is 4.75. The van der Waals surface area contributed by atoms with Crippen LogP contribution in [0.5, 0.6) is 0 Å². The van der Waals surface area contributed by atoms with Gasteiger partial charge in [-0.1, -0.05) is 18.2 Å². The van der Waals surface area contributed by atoms with E-state index < -0.39 is 27.4 Å². The molecule has 0 radical (unpaired) electrons. The number of H-pyrrole nitrogens is 1. The van der Waals surface area contributed by atoms with Crippen molar-refractivity contribution in [2.75, 3.05) is 11.0 Å². The molecule has 0 aliphatic carbocycles. The molecule has 0 bridgehead atoms. The van der Waals surface area contributed by atoms with Crippen molar-refractivity contribution in [3.05, 3.63) is 72.3 Å². The first-order valence-electron chi connectivity index (χ1n) is 8.80. The van der Waals surface area contributed by atoms with E-state index in [-0.39, 0.29) is 0 Å². The number of aromatic nitrogens is 2. The van der Waals surface area contributed by atoms with Crippen molar-refractivity contribution in [1.29, 1.82) is 0 Å². The summed E-state index contributed by atoms with van der Waals surface area (Å²) in [6, 6.07) is 12.7. The number of nitrogens with zero attached hydrogens (tertiary/aromatic N) is 1. The van der Waals surface area contributed by atoms with Crippen molar-refractivity contribution in [1.82, 2.24) is 9.97 Å². The fourth-order valence-corrected chi connectivity index (χ4v) is 3.79. The number of carboxylic acids is 1. The van der Waals surface area contributed by atoms with Crippen LogP contribution in [0.25, 0.3) is 33.3 Å². The first-order chi connectivity index (χ1) is 14.2. The van der Waals surface area contributed by atoms with Crippen LogP contribution in [-0.2, 0) is 10.0 Å². The Labute approximate surface area is 171 Å². The molecule has 3 N–H and O–H groups in total. The van der Waals surface area contributed by atoms with Gasteiger partial charge in [0, 0.05) is 34.6 Å². The average molecular weight is 425 g/mol. The number of benzene rings is 2. The van der Waals surface area contributed by atoms with Gasteiger partial charge in [0.1, 0.15) is 11.5 Å². The Morgan fingerprint density at radius 2 is 1.90 bits per heavy atom. The van der Waals surface area contributed by atoms with E-state index in [1.54, 1.807) is 36.7 Å². The highest BCUT2D eigenvalue weighted by Crippen LogP contribution is 2.32. The van der Waals surface area contributed by atoms with Gasteiger partial charge in [0.2, 0.25) is 10.0 Å². The van der Waals surface area contributed by atoms with E-state index in [4.69, 9.17) is 5.11 Å². The Morgan fingerprint density at radius 3 is 2.60 bits per heavy atom. The molecule has 0 saturated carbocycles. The molecule has 9 heteroatoms. The summed E-state index contributed by atoms with van der Waals surface area (Å²) in [4.78, 5) is 18.5. The quantitative estimate of drug-likeness (QED) is 0.446. The highest BCUT2D eigenvalue weighted by atomic mass is 32.2. The van der Waals surface area contributed by atoms with Crippen LogP contribution in [0.15, 0.2) is 60.9 Å². The van der Waals surface area contributed by atoms with Crippen molar-refractivity contribution in [3.63, 3.8) is 0 Å². The molecule has 0 aliphatic heterocycles. The molecule has 0 aliphatic rings. The third-order valence-electron chi connectivity index (χ3n) is 4.54. The van der Waals surface area contributed by atoms with Crippen molar-refractivity contribution in [2.24, 2.45) is 0 Å². The number of fused-ring (bicyclic) bond motifs is 1. The van der Waals surface area contributed by atoms with Gasteiger partial charge in [0.05, 0.1) is 11.8 Å². The van der Waals surface area contributed by atoms with Gasteiger partial charge >= 0.3 is 5.97 Å². The number of halogens is 1. The molecule has 0 spiro atoms. The first-order valence-corrected chi connectivity index (χ1v) is 10.7. The molecule has 0 amide bonds. The van der Waals surface area contributed by atoms with Crippen LogP contribution in [-0.4, -0.2) is 35.7 Å². The van der Waals surface area contributed by atoms with Crippen LogP contribution < -0.4 is 4.72 Å². The molecular weight excluding hydrogens is 409 g/mol. The Bertz CT molecular complexity index is 1400. The predicted molar refractivity (Wildman–Crippen MR) is 112 cm³/mol. The van der Waals surface area contributed by atoms with Gasteiger partial charge in [-0.2, -0.15) is 0 Å². The zero-order valence-electron chi connectivity index (χ0n) is 15.7. The summed E-state index contributed by atoms with van der Waals surface area (Å²) in [5.41, 5.74) is 3.28. The molecule has 2 heterocycles. The highest BCUT2D eigenvalue weighted by molar-refractivity contribution is 7.92. The van der Waals surface area contributed by atoms with Crippen LogP contribution in [0, 0.1) is 5.82 Å². The number of aromatic carboxylic acids is 1. The number of rotatable bonds is 5. The summed E-state index contributed by atoms with van der Waals surface area (Å²) < 4.78 is 39.6. The van der Waals surface area contributed by atoms with Gasteiger partial charge in [-0.05, 0) is 41.5 Å². The van der Waals surface area contributed by atoms with E-state index in [0.717, 1.165) is 22.8 Å². The molecule has 0 unspecified atom stereocenters. The van der Waals surface area contributed by atoms with Crippen molar-refractivity contribution in [2.45, 2.75) is 0 Å². The van der Waals surface area contributed by atoms with Crippen LogP contribution in [0.1, 0.15) is 10.4 Å². The SMILES string of the molecule is CS(=O)(=O)Nc1cccc(-c2cnc3[nH]cc(-c4ccc(C(=O)O)c(F)c4)c3c2)c1. The number of pyridine rings is 1. The zero-order valence-corrected chi connectivity index (χ0v) is 16.5. The average Bonchev–Trinajstić information content (AvgIpc) is 3.09. The Morgan fingerprint density at radius 1 is 1.10 bits per heavy atom.